The van der Waals surface area contributed by atoms with E-state index in [1.165, 1.54) is 27.8 Å². The van der Waals surface area contributed by atoms with Gasteiger partial charge in [0.25, 0.3) is 0 Å². The third-order valence-corrected chi connectivity index (χ3v) is 27.0. The van der Waals surface area contributed by atoms with Crippen LogP contribution >= 0.6 is 24.8 Å². The van der Waals surface area contributed by atoms with Crippen molar-refractivity contribution in [1.29, 1.82) is 0 Å². The molecule has 0 aliphatic heterocycles. The monoisotopic (exact) mass is 588 g/mol. The van der Waals surface area contributed by atoms with Crippen LogP contribution in [-0.2, 0) is 20.4 Å². The standard InChI is InChI=1S/C19H19.C9H13.C2H6Si.2ClH.Zr/c1-12-13(2)15(4)19-17(14(12)3)10-11-18(19)16-8-6-5-7-9-16;1-6-5-7(2)9(4)8(6)3;1-3-2;;;/h5-11H,1-4H3;6H,1-4H3;1-2H3;2*1H;. The molecule has 2 atom stereocenters. The van der Waals surface area contributed by atoms with E-state index in [4.69, 9.17) is 0 Å². The van der Waals surface area contributed by atoms with Gasteiger partial charge in [0.1, 0.15) is 0 Å². The van der Waals surface area contributed by atoms with E-state index in [2.05, 4.69) is 105 Å². The molecule has 2 aliphatic rings. The van der Waals surface area contributed by atoms with Crippen LogP contribution < -0.4 is 0 Å². The van der Waals surface area contributed by atoms with Crippen molar-refractivity contribution in [1.82, 2.24) is 0 Å². The molecule has 0 spiro atoms. The summed E-state index contributed by atoms with van der Waals surface area (Å²) in [5, 5.41) is 0. The van der Waals surface area contributed by atoms with Crippen molar-refractivity contribution in [2.45, 2.75) is 72.1 Å². The first kappa shape index (κ1) is 29.6. The Morgan fingerprint density at radius 2 is 1.29 bits per heavy atom. The number of fused-ring (bicyclic) bond motifs is 1. The van der Waals surface area contributed by atoms with E-state index in [9.17, 15) is 0 Å². The molecule has 0 saturated heterocycles. The summed E-state index contributed by atoms with van der Waals surface area (Å²) in [6.07, 6.45) is 2.74. The molecule has 0 amide bonds. The van der Waals surface area contributed by atoms with Crippen molar-refractivity contribution in [2.75, 3.05) is 0 Å². The maximum Gasteiger partial charge on any atom is -0.147 e. The van der Waals surface area contributed by atoms with Crippen molar-refractivity contribution in [2.24, 2.45) is 5.92 Å². The molecule has 0 radical (unpaired) electrons. The fraction of sp³-hybridized carbons (Fsp3) is 0.400. The minimum absolute atomic E-state index is 0. The summed E-state index contributed by atoms with van der Waals surface area (Å²) >= 11 is -1.99. The zero-order chi connectivity index (χ0) is 23.5. The van der Waals surface area contributed by atoms with Gasteiger partial charge in [-0.25, -0.2) is 0 Å². The van der Waals surface area contributed by atoms with Gasteiger partial charge < -0.3 is 0 Å². The SMILES string of the molecule is CC1=C(C)C(C)[C]([Zr]([CH]2C=C(c3ccccc3)c3c(C)c(C)c(C)c(C)c32)=[Si](C)C)=C1C.Cl.Cl. The summed E-state index contributed by atoms with van der Waals surface area (Å²) in [6.45, 7) is 24.3. The second kappa shape index (κ2) is 11.2. The van der Waals surface area contributed by atoms with Gasteiger partial charge in [-0.3, -0.25) is 0 Å². The Labute approximate surface area is 228 Å². The fourth-order valence-electron chi connectivity index (χ4n) is 6.04. The van der Waals surface area contributed by atoms with Gasteiger partial charge in [0.2, 0.25) is 0 Å². The fourth-order valence-corrected chi connectivity index (χ4v) is 25.9. The Morgan fingerprint density at radius 3 is 1.79 bits per heavy atom. The minimum Gasteiger partial charge on any atom is -0.147 e. The van der Waals surface area contributed by atoms with Crippen LogP contribution in [0, 0.1) is 33.6 Å². The minimum atomic E-state index is -1.99. The molecule has 0 saturated carbocycles. The first-order valence-corrected chi connectivity index (χ1v) is 20.8. The zero-order valence-electron chi connectivity index (χ0n) is 22.4. The van der Waals surface area contributed by atoms with Gasteiger partial charge in [-0.2, -0.15) is 0 Å². The van der Waals surface area contributed by atoms with Crippen molar-refractivity contribution in [3.8, 4) is 0 Å². The molecule has 0 heterocycles. The van der Waals surface area contributed by atoms with E-state index in [0.29, 0.717) is 9.54 Å². The molecule has 2 aliphatic carbocycles. The summed E-state index contributed by atoms with van der Waals surface area (Å²) in [5.41, 5.74) is 16.7. The van der Waals surface area contributed by atoms with Crippen LogP contribution in [0.3, 0.4) is 0 Å². The van der Waals surface area contributed by atoms with Gasteiger partial charge in [-0.05, 0) is 0 Å². The van der Waals surface area contributed by atoms with Gasteiger partial charge in [-0.1, -0.05) is 0 Å². The van der Waals surface area contributed by atoms with Crippen LogP contribution in [0.15, 0.2) is 56.4 Å². The molecule has 2 aromatic rings. The molecular formula is C30H40Cl2SiZr. The molecule has 0 N–H and O–H groups in total. The first-order valence-electron chi connectivity index (χ1n) is 12.0. The predicted octanol–water partition coefficient (Wildman–Crippen LogP) is 9.38. The summed E-state index contributed by atoms with van der Waals surface area (Å²) in [7, 11) is 0. The van der Waals surface area contributed by atoms with Crippen LogP contribution in [0.4, 0.5) is 0 Å². The van der Waals surface area contributed by atoms with E-state index in [1.54, 1.807) is 33.4 Å². The third kappa shape index (κ3) is 4.58. The Bertz CT molecular complexity index is 1260. The normalized spacial score (nSPS) is 18.9. The maximum absolute atomic E-state index is 2.74. The molecule has 0 aromatic heterocycles. The summed E-state index contributed by atoms with van der Waals surface area (Å²) in [6, 6.07) is 11.2. The van der Waals surface area contributed by atoms with E-state index < -0.39 is 20.4 Å². The average molecular weight is 591 g/mol. The van der Waals surface area contributed by atoms with Gasteiger partial charge in [0.15, 0.2) is 0 Å². The molecule has 0 nitrogen and oxygen atoms in total. The van der Waals surface area contributed by atoms with Crippen LogP contribution in [0.5, 0.6) is 0 Å². The molecule has 182 valence electrons. The average Bonchev–Trinajstić information content (AvgIpc) is 3.25. The van der Waals surface area contributed by atoms with Crippen molar-refractivity contribution in [3.05, 3.63) is 95.4 Å². The predicted molar refractivity (Wildman–Crippen MR) is 154 cm³/mol. The number of allylic oxidation sites excluding steroid dienone is 5. The Balaban J connectivity index is 0.00000204. The number of rotatable bonds is 3. The van der Waals surface area contributed by atoms with Gasteiger partial charge >= 0.3 is 205 Å². The largest absolute Gasteiger partial charge is 0.147 e. The first-order chi connectivity index (χ1) is 15.1. The van der Waals surface area contributed by atoms with Gasteiger partial charge in [0.05, 0.1) is 0 Å². The van der Waals surface area contributed by atoms with Crippen LogP contribution in [-0.4, -0.2) is 5.43 Å². The van der Waals surface area contributed by atoms with Crippen molar-refractivity contribution < 1.29 is 20.4 Å². The zero-order valence-corrected chi connectivity index (χ0v) is 27.5. The molecule has 2 aromatic carbocycles. The Kier molecular flexibility index (Phi) is 9.71. The van der Waals surface area contributed by atoms with Crippen LogP contribution in [0.25, 0.3) is 5.57 Å². The van der Waals surface area contributed by atoms with Gasteiger partial charge in [0, 0.05) is 0 Å². The number of hydrogen-bond donors (Lipinski definition) is 0. The summed E-state index contributed by atoms with van der Waals surface area (Å²) in [4.78, 5) is 0. The molecule has 0 fully saturated rings. The molecule has 34 heavy (non-hydrogen) atoms. The molecule has 0 bridgehead atoms. The van der Waals surface area contributed by atoms with Crippen molar-refractivity contribution in [3.63, 3.8) is 0 Å². The Morgan fingerprint density at radius 1 is 0.735 bits per heavy atom. The summed E-state index contributed by atoms with van der Waals surface area (Å²) in [5.74, 6) is 0.648. The number of benzene rings is 2. The smallest absolute Gasteiger partial charge is 0.147 e. The quantitative estimate of drug-likeness (QED) is 0.313. The second-order valence-electron chi connectivity index (χ2n) is 10.2. The van der Waals surface area contributed by atoms with Gasteiger partial charge in [-0.15, -0.1) is 24.8 Å². The van der Waals surface area contributed by atoms with Crippen LogP contribution in [0.2, 0.25) is 13.1 Å². The number of hydrogen-bond acceptors (Lipinski definition) is 0. The van der Waals surface area contributed by atoms with E-state index >= 15 is 0 Å². The molecule has 4 rings (SSSR count). The van der Waals surface area contributed by atoms with E-state index in [-0.39, 0.29) is 30.2 Å². The Hall–Kier alpha value is -0.660. The topological polar surface area (TPSA) is 0 Å². The molecule has 2 unspecified atom stereocenters. The van der Waals surface area contributed by atoms with E-state index in [1.807, 2.05) is 3.28 Å². The second-order valence-corrected chi connectivity index (χ2v) is 27.6. The number of halogens is 2. The van der Waals surface area contributed by atoms with Crippen molar-refractivity contribution >= 4 is 35.8 Å². The third-order valence-electron chi connectivity index (χ3n) is 8.51. The van der Waals surface area contributed by atoms with Crippen LogP contribution in [0.1, 0.15) is 70.3 Å². The molecule has 4 heteroatoms. The maximum atomic E-state index is 2.74. The van der Waals surface area contributed by atoms with E-state index in [0.717, 1.165) is 0 Å². The summed E-state index contributed by atoms with van der Waals surface area (Å²) < 4.78 is 2.58. The molecular weight excluding hydrogens is 551 g/mol.